The van der Waals surface area contributed by atoms with E-state index in [1.807, 2.05) is 0 Å². The molecular weight excluding hydrogens is 218 g/mol. The van der Waals surface area contributed by atoms with E-state index in [4.69, 9.17) is 10.5 Å². The topological polar surface area (TPSA) is 61.5 Å². The monoisotopic (exact) mass is 237 g/mol. The molecule has 94 valence electrons. The molecule has 0 aliphatic rings. The van der Waals surface area contributed by atoms with Crippen molar-refractivity contribution in [3.63, 3.8) is 0 Å². The van der Waals surface area contributed by atoms with Gasteiger partial charge in [-0.3, -0.25) is 0 Å². The van der Waals surface area contributed by atoms with Gasteiger partial charge >= 0.3 is 5.97 Å². The minimum absolute atomic E-state index is 0.336. The Morgan fingerprint density at radius 1 is 1.41 bits per heavy atom. The van der Waals surface area contributed by atoms with Crippen molar-refractivity contribution in [3.05, 3.63) is 23.8 Å². The minimum atomic E-state index is -0.447. The minimum Gasteiger partial charge on any atom is -0.491 e. The highest BCUT2D eigenvalue weighted by molar-refractivity contribution is 5.96. The van der Waals surface area contributed by atoms with E-state index < -0.39 is 5.97 Å². The van der Waals surface area contributed by atoms with E-state index in [2.05, 4.69) is 18.6 Å². The van der Waals surface area contributed by atoms with Gasteiger partial charge in [0.15, 0.2) is 0 Å². The molecule has 1 aromatic carbocycles. The Kier molecular flexibility index (Phi) is 4.82. The number of hydrogen-bond acceptors (Lipinski definition) is 4. The Morgan fingerprint density at radius 3 is 2.71 bits per heavy atom. The summed E-state index contributed by atoms with van der Waals surface area (Å²) in [7, 11) is 1.33. The number of ether oxygens (including phenoxy) is 2. The molecule has 0 aromatic heterocycles. The second-order valence-corrected chi connectivity index (χ2v) is 4.24. The fourth-order valence-electron chi connectivity index (χ4n) is 1.36. The zero-order chi connectivity index (χ0) is 12.8. The van der Waals surface area contributed by atoms with Crippen LogP contribution in [0, 0.1) is 5.92 Å². The third-order valence-electron chi connectivity index (χ3n) is 2.42. The molecule has 1 aromatic rings. The number of methoxy groups -OCH3 is 1. The SMILES string of the molecule is COC(=O)c1cccc(OCCC(C)C)c1N. The van der Waals surface area contributed by atoms with Crippen molar-refractivity contribution in [3.8, 4) is 5.75 Å². The Hall–Kier alpha value is -1.71. The molecular formula is C13H19NO3. The highest BCUT2D eigenvalue weighted by atomic mass is 16.5. The number of carbonyl (C=O) groups is 1. The van der Waals surface area contributed by atoms with Crippen molar-refractivity contribution in [2.45, 2.75) is 20.3 Å². The number of rotatable bonds is 5. The van der Waals surface area contributed by atoms with Crippen LogP contribution in [0.2, 0.25) is 0 Å². The maximum absolute atomic E-state index is 11.4. The van der Waals surface area contributed by atoms with Crippen LogP contribution in [0.1, 0.15) is 30.6 Å². The van der Waals surface area contributed by atoms with Crippen LogP contribution >= 0.6 is 0 Å². The molecule has 0 radical (unpaired) electrons. The van der Waals surface area contributed by atoms with Crippen LogP contribution in [0.15, 0.2) is 18.2 Å². The standard InChI is InChI=1S/C13H19NO3/c1-9(2)7-8-17-11-6-4-5-10(12(11)14)13(15)16-3/h4-6,9H,7-8,14H2,1-3H3. The first kappa shape index (κ1) is 13.4. The summed E-state index contributed by atoms with van der Waals surface area (Å²) >= 11 is 0. The van der Waals surface area contributed by atoms with Crippen LogP contribution in [0.5, 0.6) is 5.75 Å². The van der Waals surface area contributed by atoms with Crippen molar-refractivity contribution >= 4 is 11.7 Å². The smallest absolute Gasteiger partial charge is 0.340 e. The van der Waals surface area contributed by atoms with Gasteiger partial charge in [-0.25, -0.2) is 4.79 Å². The lowest BCUT2D eigenvalue weighted by Gasteiger charge is -2.12. The molecule has 2 N–H and O–H groups in total. The molecule has 0 fully saturated rings. The molecule has 17 heavy (non-hydrogen) atoms. The van der Waals surface area contributed by atoms with E-state index in [-0.39, 0.29) is 0 Å². The first-order chi connectivity index (χ1) is 8.06. The van der Waals surface area contributed by atoms with Crippen LogP contribution in [-0.2, 0) is 4.74 Å². The Labute approximate surface area is 102 Å². The number of esters is 1. The van der Waals surface area contributed by atoms with Crippen LogP contribution < -0.4 is 10.5 Å². The summed E-state index contributed by atoms with van der Waals surface area (Å²) in [6, 6.07) is 5.10. The maximum atomic E-state index is 11.4. The molecule has 0 heterocycles. The van der Waals surface area contributed by atoms with Crippen LogP contribution in [0.25, 0.3) is 0 Å². The predicted octanol–water partition coefficient (Wildman–Crippen LogP) is 2.48. The fourth-order valence-corrected chi connectivity index (χ4v) is 1.36. The third kappa shape index (κ3) is 3.66. The van der Waals surface area contributed by atoms with Gasteiger partial charge in [-0.05, 0) is 24.5 Å². The predicted molar refractivity (Wildman–Crippen MR) is 67.1 cm³/mol. The van der Waals surface area contributed by atoms with E-state index >= 15 is 0 Å². The molecule has 0 spiro atoms. The van der Waals surface area contributed by atoms with Crippen molar-refractivity contribution < 1.29 is 14.3 Å². The van der Waals surface area contributed by atoms with Gasteiger partial charge in [0.05, 0.1) is 25.0 Å². The number of anilines is 1. The van der Waals surface area contributed by atoms with Gasteiger partial charge in [-0.1, -0.05) is 19.9 Å². The molecule has 0 atom stereocenters. The van der Waals surface area contributed by atoms with Gasteiger partial charge in [0.1, 0.15) is 5.75 Å². The Morgan fingerprint density at radius 2 is 2.12 bits per heavy atom. The number of para-hydroxylation sites is 1. The van der Waals surface area contributed by atoms with E-state index in [0.29, 0.717) is 29.5 Å². The summed E-state index contributed by atoms with van der Waals surface area (Å²) in [5, 5.41) is 0. The maximum Gasteiger partial charge on any atom is 0.340 e. The van der Waals surface area contributed by atoms with Gasteiger partial charge in [0.2, 0.25) is 0 Å². The van der Waals surface area contributed by atoms with Crippen molar-refractivity contribution in [2.75, 3.05) is 19.5 Å². The third-order valence-corrected chi connectivity index (χ3v) is 2.42. The van der Waals surface area contributed by atoms with Gasteiger partial charge < -0.3 is 15.2 Å². The lowest BCUT2D eigenvalue weighted by molar-refractivity contribution is 0.0601. The first-order valence-electron chi connectivity index (χ1n) is 5.65. The summed E-state index contributed by atoms with van der Waals surface area (Å²) in [5.74, 6) is 0.658. The molecule has 0 saturated carbocycles. The molecule has 1 rings (SSSR count). The second-order valence-electron chi connectivity index (χ2n) is 4.24. The summed E-state index contributed by atoms with van der Waals surface area (Å²) in [5.41, 5.74) is 6.53. The molecule has 0 aliphatic heterocycles. The van der Waals surface area contributed by atoms with E-state index in [9.17, 15) is 4.79 Å². The van der Waals surface area contributed by atoms with Gasteiger partial charge in [-0.15, -0.1) is 0 Å². The lowest BCUT2D eigenvalue weighted by Crippen LogP contribution is -2.08. The Bertz CT molecular complexity index is 388. The second kappa shape index (κ2) is 6.13. The van der Waals surface area contributed by atoms with Crippen molar-refractivity contribution in [2.24, 2.45) is 5.92 Å². The van der Waals surface area contributed by atoms with Crippen LogP contribution in [0.4, 0.5) is 5.69 Å². The zero-order valence-electron chi connectivity index (χ0n) is 10.5. The number of benzene rings is 1. The van der Waals surface area contributed by atoms with E-state index in [1.165, 1.54) is 7.11 Å². The largest absolute Gasteiger partial charge is 0.491 e. The quantitative estimate of drug-likeness (QED) is 0.631. The average Bonchev–Trinajstić information content (AvgIpc) is 2.30. The van der Waals surface area contributed by atoms with Gasteiger partial charge in [-0.2, -0.15) is 0 Å². The zero-order valence-corrected chi connectivity index (χ0v) is 10.5. The number of nitrogens with two attached hydrogens (primary N) is 1. The summed E-state index contributed by atoms with van der Waals surface area (Å²) in [6.07, 6.45) is 0.946. The molecule has 0 unspecified atom stereocenters. The van der Waals surface area contributed by atoms with Gasteiger partial charge in [0, 0.05) is 0 Å². The summed E-state index contributed by atoms with van der Waals surface area (Å²) in [6.45, 7) is 4.83. The molecule has 0 amide bonds. The fraction of sp³-hybridized carbons (Fsp3) is 0.462. The number of nitrogen functional groups attached to an aromatic ring is 1. The Balaban J connectivity index is 2.76. The molecule has 4 nitrogen and oxygen atoms in total. The van der Waals surface area contributed by atoms with Crippen LogP contribution in [0.3, 0.4) is 0 Å². The van der Waals surface area contributed by atoms with Crippen molar-refractivity contribution in [1.82, 2.24) is 0 Å². The highest BCUT2D eigenvalue weighted by Crippen LogP contribution is 2.26. The number of carbonyl (C=O) groups excluding carboxylic acids is 1. The normalized spacial score (nSPS) is 10.4. The first-order valence-corrected chi connectivity index (χ1v) is 5.65. The highest BCUT2D eigenvalue weighted by Gasteiger charge is 2.13. The number of hydrogen-bond donors (Lipinski definition) is 1. The van der Waals surface area contributed by atoms with E-state index in [0.717, 1.165) is 6.42 Å². The summed E-state index contributed by atoms with van der Waals surface area (Å²) < 4.78 is 10.2. The molecule has 0 saturated heterocycles. The summed E-state index contributed by atoms with van der Waals surface area (Å²) in [4.78, 5) is 11.4. The molecule has 0 aliphatic carbocycles. The molecule has 4 heteroatoms. The lowest BCUT2D eigenvalue weighted by atomic mass is 10.1. The van der Waals surface area contributed by atoms with Crippen molar-refractivity contribution in [1.29, 1.82) is 0 Å². The molecule has 0 bridgehead atoms. The average molecular weight is 237 g/mol. The van der Waals surface area contributed by atoms with E-state index in [1.54, 1.807) is 18.2 Å². The van der Waals surface area contributed by atoms with Gasteiger partial charge in [0.25, 0.3) is 0 Å². The van der Waals surface area contributed by atoms with Crippen LogP contribution in [-0.4, -0.2) is 19.7 Å².